The number of carboxylic acid groups (broad SMARTS) is 1. The van der Waals surface area contributed by atoms with Gasteiger partial charge in [-0.05, 0) is 32.1 Å². The SMILES string of the molecule is CCNC(C)(CCCCSCCS(C)(=O)=O)C(=O)O. The van der Waals surface area contributed by atoms with Gasteiger partial charge >= 0.3 is 5.97 Å². The van der Waals surface area contributed by atoms with Crippen molar-refractivity contribution in [2.45, 2.75) is 38.6 Å². The highest BCUT2D eigenvalue weighted by molar-refractivity contribution is 8.00. The normalized spacial score (nSPS) is 15.1. The Balaban J connectivity index is 3.76. The number of rotatable bonds is 11. The number of nitrogens with one attached hydrogen (secondary N) is 1. The lowest BCUT2D eigenvalue weighted by atomic mass is 9.95. The van der Waals surface area contributed by atoms with Gasteiger partial charge in [-0.15, -0.1) is 0 Å². The van der Waals surface area contributed by atoms with E-state index in [4.69, 9.17) is 5.11 Å². The van der Waals surface area contributed by atoms with Gasteiger partial charge in [-0.1, -0.05) is 13.3 Å². The Kier molecular flexibility index (Phi) is 8.69. The molecule has 0 radical (unpaired) electrons. The quantitative estimate of drug-likeness (QED) is 0.561. The van der Waals surface area contributed by atoms with Gasteiger partial charge in [-0.2, -0.15) is 11.8 Å². The summed E-state index contributed by atoms with van der Waals surface area (Å²) >= 11 is 1.61. The minimum atomic E-state index is -2.87. The number of aliphatic carboxylic acids is 1. The third kappa shape index (κ3) is 9.29. The average molecular weight is 311 g/mol. The van der Waals surface area contributed by atoms with Gasteiger partial charge in [-0.3, -0.25) is 4.79 Å². The standard InChI is InChI=1S/C12H25NO4S2/c1-4-13-12(2,11(14)15)7-5-6-8-18-9-10-19(3,16)17/h13H,4-10H2,1-3H3,(H,14,15). The van der Waals surface area contributed by atoms with Crippen molar-refractivity contribution in [2.75, 3.05) is 30.1 Å². The molecule has 0 spiro atoms. The summed E-state index contributed by atoms with van der Waals surface area (Å²) in [6.07, 6.45) is 3.55. The average Bonchev–Trinajstić information content (AvgIpc) is 2.26. The fourth-order valence-corrected chi connectivity index (χ4v) is 3.95. The van der Waals surface area contributed by atoms with Crippen molar-refractivity contribution < 1.29 is 18.3 Å². The summed E-state index contributed by atoms with van der Waals surface area (Å²) in [4.78, 5) is 11.2. The van der Waals surface area contributed by atoms with Crippen LogP contribution in [0.15, 0.2) is 0 Å². The second-order valence-electron chi connectivity index (χ2n) is 4.87. The Bertz CT molecular complexity index is 370. The Morgan fingerprint density at radius 2 is 1.95 bits per heavy atom. The van der Waals surface area contributed by atoms with Gasteiger partial charge < -0.3 is 10.4 Å². The van der Waals surface area contributed by atoms with Crippen molar-refractivity contribution in [2.24, 2.45) is 0 Å². The van der Waals surface area contributed by atoms with E-state index in [1.165, 1.54) is 6.26 Å². The van der Waals surface area contributed by atoms with Gasteiger partial charge in [0.05, 0.1) is 5.75 Å². The lowest BCUT2D eigenvalue weighted by molar-refractivity contribution is -0.144. The van der Waals surface area contributed by atoms with Gasteiger partial charge in [-0.25, -0.2) is 8.42 Å². The lowest BCUT2D eigenvalue weighted by Gasteiger charge is -2.25. The molecule has 0 bridgehead atoms. The van der Waals surface area contributed by atoms with Crippen LogP contribution in [0.1, 0.15) is 33.1 Å². The minimum Gasteiger partial charge on any atom is -0.480 e. The summed E-state index contributed by atoms with van der Waals surface area (Å²) in [6, 6.07) is 0. The summed E-state index contributed by atoms with van der Waals surface area (Å²) in [5, 5.41) is 12.2. The van der Waals surface area contributed by atoms with Gasteiger partial charge in [0.25, 0.3) is 0 Å². The molecule has 0 aromatic rings. The Hall–Kier alpha value is -0.270. The van der Waals surface area contributed by atoms with E-state index in [1.807, 2.05) is 6.92 Å². The van der Waals surface area contributed by atoms with Crippen molar-refractivity contribution in [3.63, 3.8) is 0 Å². The maximum Gasteiger partial charge on any atom is 0.323 e. The number of hydrogen-bond donors (Lipinski definition) is 2. The van der Waals surface area contributed by atoms with Gasteiger partial charge in [0.2, 0.25) is 0 Å². The first-order valence-corrected chi connectivity index (χ1v) is 9.66. The molecule has 0 aliphatic carbocycles. The van der Waals surface area contributed by atoms with E-state index < -0.39 is 21.3 Å². The zero-order chi connectivity index (χ0) is 14.9. The van der Waals surface area contributed by atoms with Crippen molar-refractivity contribution >= 4 is 27.6 Å². The van der Waals surface area contributed by atoms with Crippen molar-refractivity contribution in [3.05, 3.63) is 0 Å². The topological polar surface area (TPSA) is 83.5 Å². The van der Waals surface area contributed by atoms with E-state index in [1.54, 1.807) is 18.7 Å². The highest BCUT2D eigenvalue weighted by atomic mass is 32.2. The molecular formula is C12H25NO4S2. The molecule has 1 unspecified atom stereocenters. The Labute approximate surface area is 120 Å². The molecule has 0 heterocycles. The number of sulfone groups is 1. The van der Waals surface area contributed by atoms with E-state index in [0.717, 1.165) is 18.6 Å². The van der Waals surface area contributed by atoms with Crippen LogP contribution in [-0.2, 0) is 14.6 Å². The molecule has 0 aromatic carbocycles. The van der Waals surface area contributed by atoms with Crippen LogP contribution in [0.5, 0.6) is 0 Å². The van der Waals surface area contributed by atoms with Crippen LogP contribution in [0.4, 0.5) is 0 Å². The second-order valence-corrected chi connectivity index (χ2v) is 8.35. The maximum atomic E-state index is 11.2. The van der Waals surface area contributed by atoms with E-state index in [0.29, 0.717) is 18.7 Å². The highest BCUT2D eigenvalue weighted by Gasteiger charge is 2.30. The molecule has 5 nitrogen and oxygen atoms in total. The Morgan fingerprint density at radius 1 is 1.32 bits per heavy atom. The van der Waals surface area contributed by atoms with Gasteiger partial charge in [0.1, 0.15) is 15.4 Å². The minimum absolute atomic E-state index is 0.210. The van der Waals surface area contributed by atoms with E-state index in [-0.39, 0.29) is 5.75 Å². The van der Waals surface area contributed by atoms with Crippen molar-refractivity contribution in [1.29, 1.82) is 0 Å². The van der Waals surface area contributed by atoms with Crippen LogP contribution in [0.25, 0.3) is 0 Å². The molecule has 7 heteroatoms. The molecule has 0 aliphatic rings. The van der Waals surface area contributed by atoms with Crippen LogP contribution in [0.3, 0.4) is 0 Å². The first-order chi connectivity index (χ1) is 8.71. The molecule has 0 saturated carbocycles. The van der Waals surface area contributed by atoms with Crippen molar-refractivity contribution in [3.8, 4) is 0 Å². The van der Waals surface area contributed by atoms with Crippen LogP contribution in [0.2, 0.25) is 0 Å². The first kappa shape index (κ1) is 18.7. The lowest BCUT2D eigenvalue weighted by Crippen LogP contribution is -2.49. The predicted molar refractivity (Wildman–Crippen MR) is 80.6 cm³/mol. The first-order valence-electron chi connectivity index (χ1n) is 6.45. The number of unbranched alkanes of at least 4 members (excludes halogenated alkanes) is 1. The van der Waals surface area contributed by atoms with Gasteiger partial charge in [0, 0.05) is 12.0 Å². The van der Waals surface area contributed by atoms with Gasteiger partial charge in [0.15, 0.2) is 0 Å². The van der Waals surface area contributed by atoms with Crippen LogP contribution >= 0.6 is 11.8 Å². The van der Waals surface area contributed by atoms with Crippen LogP contribution in [-0.4, -0.2) is 55.1 Å². The molecule has 2 N–H and O–H groups in total. The number of carbonyl (C=O) groups is 1. The number of carboxylic acids is 1. The summed E-state index contributed by atoms with van der Waals surface area (Å²) < 4.78 is 21.8. The smallest absolute Gasteiger partial charge is 0.323 e. The number of thioether (sulfide) groups is 1. The second kappa shape index (κ2) is 8.81. The molecule has 0 aromatic heterocycles. The molecule has 1 atom stereocenters. The van der Waals surface area contributed by atoms with Crippen molar-refractivity contribution in [1.82, 2.24) is 5.32 Å². The third-order valence-corrected chi connectivity index (χ3v) is 5.13. The van der Waals surface area contributed by atoms with Crippen LogP contribution < -0.4 is 5.32 Å². The third-order valence-electron chi connectivity index (χ3n) is 2.85. The molecular weight excluding hydrogens is 286 g/mol. The zero-order valence-electron chi connectivity index (χ0n) is 11.9. The molecule has 0 fully saturated rings. The molecule has 19 heavy (non-hydrogen) atoms. The summed E-state index contributed by atoms with van der Waals surface area (Å²) in [6.45, 7) is 4.23. The van der Waals surface area contributed by atoms with E-state index in [9.17, 15) is 13.2 Å². The fourth-order valence-electron chi connectivity index (χ4n) is 1.66. The molecule has 0 amide bonds. The van der Waals surface area contributed by atoms with E-state index in [2.05, 4.69) is 5.32 Å². The summed E-state index contributed by atoms with van der Waals surface area (Å²) in [5.74, 6) is 0.876. The highest BCUT2D eigenvalue weighted by Crippen LogP contribution is 2.16. The molecule has 0 aliphatic heterocycles. The largest absolute Gasteiger partial charge is 0.480 e. The van der Waals surface area contributed by atoms with Crippen LogP contribution in [0, 0.1) is 0 Å². The molecule has 0 saturated heterocycles. The molecule has 0 rings (SSSR count). The zero-order valence-corrected chi connectivity index (χ0v) is 13.6. The summed E-state index contributed by atoms with van der Waals surface area (Å²) in [7, 11) is -2.87. The molecule has 114 valence electrons. The maximum absolute atomic E-state index is 11.2. The van der Waals surface area contributed by atoms with E-state index >= 15 is 0 Å². The Morgan fingerprint density at radius 3 is 2.42 bits per heavy atom. The monoisotopic (exact) mass is 311 g/mol. The predicted octanol–water partition coefficient (Wildman–Crippen LogP) is 1.39. The number of likely N-dealkylation sites (N-methyl/N-ethyl adjacent to an activating group) is 1. The summed E-state index contributed by atoms with van der Waals surface area (Å²) in [5.41, 5.74) is -0.855. The number of hydrogen-bond acceptors (Lipinski definition) is 5. The fraction of sp³-hybridized carbons (Fsp3) is 0.917.